The molecule has 4 heteroatoms. The lowest BCUT2D eigenvalue weighted by atomic mass is 10.1. The van der Waals surface area contributed by atoms with Crippen molar-refractivity contribution in [2.75, 3.05) is 0 Å². The van der Waals surface area contributed by atoms with Gasteiger partial charge in [-0.15, -0.1) is 0 Å². The third-order valence-corrected chi connectivity index (χ3v) is 3.54. The summed E-state index contributed by atoms with van der Waals surface area (Å²) in [6, 6.07) is 9.02. The fourth-order valence-corrected chi connectivity index (χ4v) is 2.30. The molecule has 1 aliphatic carbocycles. The van der Waals surface area contributed by atoms with Gasteiger partial charge in [0.2, 0.25) is 0 Å². The van der Waals surface area contributed by atoms with E-state index in [9.17, 15) is 4.79 Å². The van der Waals surface area contributed by atoms with Crippen molar-refractivity contribution in [2.45, 2.75) is 32.1 Å². The summed E-state index contributed by atoms with van der Waals surface area (Å²) >= 11 is 6.20. The molecule has 1 amide bonds. The van der Waals surface area contributed by atoms with Crippen molar-refractivity contribution in [3.8, 4) is 0 Å². The van der Waals surface area contributed by atoms with Crippen LogP contribution in [0.1, 0.15) is 42.5 Å². The zero-order valence-electron chi connectivity index (χ0n) is 10.7. The number of nitrogens with one attached hydrogen (secondary N) is 1. The number of nitrogens with zero attached hydrogens (tertiary/aromatic N) is 1. The molecule has 2 rings (SSSR count). The van der Waals surface area contributed by atoms with Gasteiger partial charge in [-0.3, -0.25) is 4.79 Å². The van der Waals surface area contributed by atoms with Gasteiger partial charge in [0.15, 0.2) is 0 Å². The lowest BCUT2D eigenvalue weighted by Gasteiger charge is -2.02. The van der Waals surface area contributed by atoms with Crippen LogP contribution in [0.4, 0.5) is 0 Å². The smallest absolute Gasteiger partial charge is 0.267 e. The van der Waals surface area contributed by atoms with Crippen LogP contribution in [0.3, 0.4) is 0 Å². The zero-order chi connectivity index (χ0) is 13.5. The third-order valence-electron chi connectivity index (χ3n) is 3.11. The van der Waals surface area contributed by atoms with Crippen molar-refractivity contribution in [3.63, 3.8) is 0 Å². The van der Waals surface area contributed by atoms with Crippen LogP contribution in [0.5, 0.6) is 0 Å². The Kier molecular flexibility index (Phi) is 5.16. The van der Waals surface area contributed by atoms with E-state index in [4.69, 9.17) is 11.6 Å². The summed E-state index contributed by atoms with van der Waals surface area (Å²) in [4.78, 5) is 11.8. The molecule has 1 aromatic carbocycles. The average molecular weight is 277 g/mol. The van der Waals surface area contributed by atoms with Crippen LogP contribution < -0.4 is 5.43 Å². The summed E-state index contributed by atoms with van der Waals surface area (Å²) in [6.07, 6.45) is 6.98. The van der Waals surface area contributed by atoms with E-state index in [1.807, 2.05) is 18.2 Å². The fraction of sp³-hybridized carbons (Fsp3) is 0.333. The Morgan fingerprint density at radius 1 is 1.16 bits per heavy atom. The second-order valence-corrected chi connectivity index (χ2v) is 5.01. The van der Waals surface area contributed by atoms with Gasteiger partial charge in [-0.05, 0) is 43.4 Å². The van der Waals surface area contributed by atoms with Crippen LogP contribution in [0.25, 0.3) is 0 Å². The SMILES string of the molecule is O=C(N/N=C/C1=C(Cl)CCCCC1)c1ccccc1. The first-order valence-corrected chi connectivity index (χ1v) is 6.91. The third kappa shape index (κ3) is 4.21. The normalized spacial score (nSPS) is 16.5. The van der Waals surface area contributed by atoms with Crippen LogP contribution in [0.2, 0.25) is 0 Å². The van der Waals surface area contributed by atoms with Gasteiger partial charge in [-0.2, -0.15) is 5.10 Å². The first kappa shape index (κ1) is 13.8. The number of amides is 1. The molecule has 0 saturated heterocycles. The first-order chi connectivity index (χ1) is 9.27. The molecule has 3 nitrogen and oxygen atoms in total. The summed E-state index contributed by atoms with van der Waals surface area (Å²) in [5.41, 5.74) is 4.16. The number of carbonyl (C=O) groups excluding carboxylic acids is 1. The highest BCUT2D eigenvalue weighted by molar-refractivity contribution is 6.31. The van der Waals surface area contributed by atoms with Gasteiger partial charge >= 0.3 is 0 Å². The minimum Gasteiger partial charge on any atom is -0.267 e. The molecule has 0 aromatic heterocycles. The molecule has 1 aromatic rings. The van der Waals surface area contributed by atoms with E-state index in [0.29, 0.717) is 5.56 Å². The van der Waals surface area contributed by atoms with Crippen LogP contribution >= 0.6 is 11.6 Å². The number of benzene rings is 1. The Balaban J connectivity index is 1.94. The highest BCUT2D eigenvalue weighted by Crippen LogP contribution is 2.25. The molecular formula is C15H17ClN2O. The van der Waals surface area contributed by atoms with Gasteiger partial charge in [-0.1, -0.05) is 36.2 Å². The van der Waals surface area contributed by atoms with E-state index in [1.165, 1.54) is 6.42 Å². The number of hydrogen-bond donors (Lipinski definition) is 1. The van der Waals surface area contributed by atoms with Crippen molar-refractivity contribution >= 4 is 23.7 Å². The molecular weight excluding hydrogens is 260 g/mol. The largest absolute Gasteiger partial charge is 0.271 e. The summed E-state index contributed by atoms with van der Waals surface area (Å²) in [5.74, 6) is -0.206. The molecule has 0 heterocycles. The molecule has 0 spiro atoms. The summed E-state index contributed by atoms with van der Waals surface area (Å²) in [5, 5.41) is 4.87. The zero-order valence-corrected chi connectivity index (χ0v) is 11.5. The van der Waals surface area contributed by atoms with E-state index in [-0.39, 0.29) is 5.91 Å². The fourth-order valence-electron chi connectivity index (χ4n) is 2.03. The minimum atomic E-state index is -0.206. The predicted molar refractivity (Wildman–Crippen MR) is 78.4 cm³/mol. The molecule has 0 fully saturated rings. The molecule has 0 radical (unpaired) electrons. The van der Waals surface area contributed by atoms with Gasteiger partial charge in [0, 0.05) is 10.6 Å². The van der Waals surface area contributed by atoms with E-state index < -0.39 is 0 Å². The van der Waals surface area contributed by atoms with Crippen LogP contribution in [-0.2, 0) is 0 Å². The second kappa shape index (κ2) is 7.10. The van der Waals surface area contributed by atoms with Gasteiger partial charge in [0.05, 0.1) is 6.21 Å². The molecule has 1 aliphatic rings. The number of carbonyl (C=O) groups is 1. The number of rotatable bonds is 3. The predicted octanol–water partition coefficient (Wildman–Crippen LogP) is 3.86. The van der Waals surface area contributed by atoms with Crippen molar-refractivity contribution in [3.05, 3.63) is 46.5 Å². The number of hydrazone groups is 1. The maximum absolute atomic E-state index is 11.8. The topological polar surface area (TPSA) is 41.5 Å². The Morgan fingerprint density at radius 3 is 2.68 bits per heavy atom. The van der Waals surface area contributed by atoms with Crippen molar-refractivity contribution in [1.29, 1.82) is 0 Å². The van der Waals surface area contributed by atoms with Crippen LogP contribution in [0, 0.1) is 0 Å². The molecule has 100 valence electrons. The maximum Gasteiger partial charge on any atom is 0.271 e. The van der Waals surface area contributed by atoms with Gasteiger partial charge in [0.25, 0.3) is 5.91 Å². The minimum absolute atomic E-state index is 0.206. The molecule has 0 atom stereocenters. The van der Waals surface area contributed by atoms with E-state index >= 15 is 0 Å². The van der Waals surface area contributed by atoms with Gasteiger partial charge < -0.3 is 0 Å². The van der Waals surface area contributed by atoms with E-state index in [1.54, 1.807) is 18.3 Å². The molecule has 0 aliphatic heterocycles. The molecule has 0 unspecified atom stereocenters. The first-order valence-electron chi connectivity index (χ1n) is 6.53. The molecule has 1 N–H and O–H groups in total. The Labute approximate surface area is 118 Å². The Morgan fingerprint density at radius 2 is 1.89 bits per heavy atom. The lowest BCUT2D eigenvalue weighted by molar-refractivity contribution is 0.0955. The van der Waals surface area contributed by atoms with Crippen molar-refractivity contribution < 1.29 is 4.79 Å². The quantitative estimate of drug-likeness (QED) is 0.661. The van der Waals surface area contributed by atoms with Gasteiger partial charge in [0.1, 0.15) is 0 Å². The maximum atomic E-state index is 11.8. The molecule has 0 bridgehead atoms. The van der Waals surface area contributed by atoms with Crippen molar-refractivity contribution in [1.82, 2.24) is 5.43 Å². The second-order valence-electron chi connectivity index (χ2n) is 4.56. The number of allylic oxidation sites excluding steroid dienone is 2. The Hall–Kier alpha value is -1.61. The lowest BCUT2D eigenvalue weighted by Crippen LogP contribution is -2.17. The number of halogens is 1. The van der Waals surface area contributed by atoms with Crippen molar-refractivity contribution in [2.24, 2.45) is 5.10 Å². The molecule has 0 saturated carbocycles. The van der Waals surface area contributed by atoms with Gasteiger partial charge in [-0.25, -0.2) is 5.43 Å². The van der Waals surface area contributed by atoms with Crippen LogP contribution in [0.15, 0.2) is 46.0 Å². The van der Waals surface area contributed by atoms with Crippen LogP contribution in [-0.4, -0.2) is 12.1 Å². The summed E-state index contributed by atoms with van der Waals surface area (Å²) < 4.78 is 0. The monoisotopic (exact) mass is 276 g/mol. The average Bonchev–Trinajstić information content (AvgIpc) is 2.65. The molecule has 19 heavy (non-hydrogen) atoms. The summed E-state index contributed by atoms with van der Waals surface area (Å²) in [6.45, 7) is 0. The highest BCUT2D eigenvalue weighted by atomic mass is 35.5. The summed E-state index contributed by atoms with van der Waals surface area (Å²) in [7, 11) is 0. The van der Waals surface area contributed by atoms with E-state index in [0.717, 1.165) is 36.3 Å². The standard InChI is InChI=1S/C15H17ClN2O/c16-14-10-6-2-5-9-13(14)11-17-18-15(19)12-7-3-1-4-8-12/h1,3-4,7-8,11H,2,5-6,9-10H2,(H,18,19)/b17-11+. The number of hydrogen-bond acceptors (Lipinski definition) is 2. The Bertz CT molecular complexity index is 494. The highest BCUT2D eigenvalue weighted by Gasteiger charge is 2.08. The van der Waals surface area contributed by atoms with E-state index in [2.05, 4.69) is 10.5 Å².